The van der Waals surface area contributed by atoms with Crippen LogP contribution < -0.4 is 11.1 Å². The van der Waals surface area contributed by atoms with Crippen molar-refractivity contribution < 1.29 is 4.79 Å². The Bertz CT molecular complexity index is 392. The lowest BCUT2D eigenvalue weighted by atomic mass is 10.0. The maximum absolute atomic E-state index is 11.8. The highest BCUT2D eigenvalue weighted by Gasteiger charge is 2.24. The van der Waals surface area contributed by atoms with Gasteiger partial charge in [-0.2, -0.15) is 0 Å². The van der Waals surface area contributed by atoms with Gasteiger partial charge in [0.2, 0.25) is 5.91 Å². The van der Waals surface area contributed by atoms with Crippen LogP contribution in [0, 0.1) is 5.92 Å². The molecule has 1 saturated carbocycles. The Kier molecular flexibility index (Phi) is 6.32. The molecule has 1 amide bonds. The average molecular weight is 283 g/mol. The molecule has 0 saturated heterocycles. The Balaban J connectivity index is 0.00000180. The van der Waals surface area contributed by atoms with Crippen molar-refractivity contribution in [3.05, 3.63) is 35.9 Å². The fourth-order valence-electron chi connectivity index (χ4n) is 2.26. The second-order valence-corrected chi connectivity index (χ2v) is 5.37. The van der Waals surface area contributed by atoms with E-state index in [0.29, 0.717) is 6.42 Å². The van der Waals surface area contributed by atoms with Crippen molar-refractivity contribution in [2.45, 2.75) is 44.7 Å². The van der Waals surface area contributed by atoms with Gasteiger partial charge in [-0.25, -0.2) is 0 Å². The first-order chi connectivity index (χ1) is 8.65. The molecule has 106 valence electrons. The molecule has 0 spiro atoms. The highest BCUT2D eigenvalue weighted by Crippen LogP contribution is 2.33. The van der Waals surface area contributed by atoms with Gasteiger partial charge in [0.1, 0.15) is 0 Å². The summed E-state index contributed by atoms with van der Waals surface area (Å²) in [6.45, 7) is 2.07. The molecule has 3 nitrogen and oxygen atoms in total. The Morgan fingerprint density at radius 2 is 2.00 bits per heavy atom. The SMILES string of the molecule is CC(CC1CC1)NC(=O)CC(N)c1ccccc1.Cl. The summed E-state index contributed by atoms with van der Waals surface area (Å²) < 4.78 is 0. The first kappa shape index (κ1) is 16.0. The number of halogens is 1. The zero-order valence-corrected chi connectivity index (χ0v) is 12.2. The third-order valence-corrected chi connectivity index (χ3v) is 3.42. The molecule has 4 heteroatoms. The molecule has 0 radical (unpaired) electrons. The van der Waals surface area contributed by atoms with Crippen LogP contribution >= 0.6 is 12.4 Å². The van der Waals surface area contributed by atoms with Crippen molar-refractivity contribution in [3.63, 3.8) is 0 Å². The third kappa shape index (κ3) is 5.62. The van der Waals surface area contributed by atoms with Gasteiger partial charge in [-0.05, 0) is 24.8 Å². The second kappa shape index (κ2) is 7.51. The first-order valence-electron chi connectivity index (χ1n) is 6.75. The molecule has 2 atom stereocenters. The van der Waals surface area contributed by atoms with E-state index >= 15 is 0 Å². The fourth-order valence-corrected chi connectivity index (χ4v) is 2.26. The number of hydrogen-bond donors (Lipinski definition) is 2. The van der Waals surface area contributed by atoms with Gasteiger partial charge in [0.15, 0.2) is 0 Å². The summed E-state index contributed by atoms with van der Waals surface area (Å²) in [5.41, 5.74) is 7.04. The summed E-state index contributed by atoms with van der Waals surface area (Å²) in [4.78, 5) is 11.8. The smallest absolute Gasteiger partial charge is 0.222 e. The molecule has 19 heavy (non-hydrogen) atoms. The number of hydrogen-bond acceptors (Lipinski definition) is 2. The number of rotatable bonds is 6. The number of nitrogens with one attached hydrogen (secondary N) is 1. The number of carbonyl (C=O) groups is 1. The summed E-state index contributed by atoms with van der Waals surface area (Å²) in [6, 6.07) is 9.84. The van der Waals surface area contributed by atoms with E-state index in [4.69, 9.17) is 5.73 Å². The van der Waals surface area contributed by atoms with Gasteiger partial charge in [0, 0.05) is 18.5 Å². The van der Waals surface area contributed by atoms with E-state index < -0.39 is 0 Å². The highest BCUT2D eigenvalue weighted by atomic mass is 35.5. The molecule has 0 bridgehead atoms. The molecular weight excluding hydrogens is 260 g/mol. The lowest BCUT2D eigenvalue weighted by molar-refractivity contribution is -0.122. The Labute approximate surface area is 121 Å². The number of carbonyl (C=O) groups excluding carboxylic acids is 1. The van der Waals surface area contributed by atoms with Gasteiger partial charge in [0.25, 0.3) is 0 Å². The highest BCUT2D eigenvalue weighted by molar-refractivity contribution is 5.85. The minimum Gasteiger partial charge on any atom is -0.354 e. The lowest BCUT2D eigenvalue weighted by Crippen LogP contribution is -2.34. The summed E-state index contributed by atoms with van der Waals surface area (Å²) in [5.74, 6) is 0.891. The number of nitrogens with two attached hydrogens (primary N) is 1. The van der Waals surface area contributed by atoms with Crippen molar-refractivity contribution in [3.8, 4) is 0 Å². The molecule has 1 fully saturated rings. The van der Waals surface area contributed by atoms with Crippen LogP contribution in [-0.4, -0.2) is 11.9 Å². The summed E-state index contributed by atoms with van der Waals surface area (Å²) in [6.07, 6.45) is 4.11. The molecule has 0 aliphatic heterocycles. The van der Waals surface area contributed by atoms with Crippen LogP contribution in [-0.2, 0) is 4.79 Å². The normalized spacial score (nSPS) is 17.2. The van der Waals surface area contributed by atoms with Gasteiger partial charge in [0.05, 0.1) is 0 Å². The van der Waals surface area contributed by atoms with Crippen molar-refractivity contribution in [2.24, 2.45) is 11.7 Å². The zero-order valence-electron chi connectivity index (χ0n) is 11.3. The Hall–Kier alpha value is -1.06. The topological polar surface area (TPSA) is 55.1 Å². The molecular formula is C15H23ClN2O. The van der Waals surface area contributed by atoms with Crippen LogP contribution in [0.2, 0.25) is 0 Å². The quantitative estimate of drug-likeness (QED) is 0.843. The second-order valence-electron chi connectivity index (χ2n) is 5.37. The molecule has 1 aromatic rings. The molecule has 1 aromatic carbocycles. The van der Waals surface area contributed by atoms with Crippen molar-refractivity contribution in [1.29, 1.82) is 0 Å². The van der Waals surface area contributed by atoms with Gasteiger partial charge in [-0.3, -0.25) is 4.79 Å². The van der Waals surface area contributed by atoms with Crippen molar-refractivity contribution in [2.75, 3.05) is 0 Å². The summed E-state index contributed by atoms with van der Waals surface area (Å²) in [5, 5.41) is 3.03. The van der Waals surface area contributed by atoms with E-state index in [2.05, 4.69) is 12.2 Å². The molecule has 1 aliphatic rings. The largest absolute Gasteiger partial charge is 0.354 e. The van der Waals surface area contributed by atoms with E-state index in [1.807, 2.05) is 30.3 Å². The predicted octanol–water partition coefficient (Wildman–Crippen LogP) is 2.80. The molecule has 0 aromatic heterocycles. The fraction of sp³-hybridized carbons (Fsp3) is 0.533. The van der Waals surface area contributed by atoms with E-state index in [1.165, 1.54) is 12.8 Å². The maximum atomic E-state index is 11.8. The average Bonchev–Trinajstić information content (AvgIpc) is 3.13. The minimum atomic E-state index is -0.209. The zero-order chi connectivity index (χ0) is 13.0. The standard InChI is InChI=1S/C15H22N2O.ClH/c1-11(9-12-7-8-12)17-15(18)10-14(16)13-5-3-2-4-6-13;/h2-6,11-12,14H,7-10,16H2,1H3,(H,17,18);1H. The van der Waals surface area contributed by atoms with Crippen LogP contribution in [0.3, 0.4) is 0 Å². The van der Waals surface area contributed by atoms with Crippen molar-refractivity contribution in [1.82, 2.24) is 5.32 Å². The van der Waals surface area contributed by atoms with E-state index in [9.17, 15) is 4.79 Å². The summed E-state index contributed by atoms with van der Waals surface area (Å²) in [7, 11) is 0. The lowest BCUT2D eigenvalue weighted by Gasteiger charge is -2.16. The number of benzene rings is 1. The molecule has 0 heterocycles. The van der Waals surface area contributed by atoms with E-state index in [0.717, 1.165) is 17.9 Å². The van der Waals surface area contributed by atoms with E-state index in [1.54, 1.807) is 0 Å². The first-order valence-corrected chi connectivity index (χ1v) is 6.75. The van der Waals surface area contributed by atoms with Gasteiger partial charge in [-0.1, -0.05) is 43.2 Å². The van der Waals surface area contributed by atoms with E-state index in [-0.39, 0.29) is 30.4 Å². The predicted molar refractivity (Wildman–Crippen MR) is 80.2 cm³/mol. The number of amides is 1. The van der Waals surface area contributed by atoms with Crippen LogP contribution in [0.1, 0.15) is 44.2 Å². The van der Waals surface area contributed by atoms with Gasteiger partial charge >= 0.3 is 0 Å². The van der Waals surface area contributed by atoms with Gasteiger partial charge < -0.3 is 11.1 Å². The van der Waals surface area contributed by atoms with Gasteiger partial charge in [-0.15, -0.1) is 12.4 Å². The van der Waals surface area contributed by atoms with Crippen LogP contribution in [0.15, 0.2) is 30.3 Å². The molecule has 3 N–H and O–H groups in total. The third-order valence-electron chi connectivity index (χ3n) is 3.42. The minimum absolute atomic E-state index is 0. The molecule has 1 aliphatic carbocycles. The van der Waals surface area contributed by atoms with Crippen LogP contribution in [0.25, 0.3) is 0 Å². The molecule has 2 unspecified atom stereocenters. The summed E-state index contributed by atoms with van der Waals surface area (Å²) >= 11 is 0. The monoisotopic (exact) mass is 282 g/mol. The van der Waals surface area contributed by atoms with Crippen LogP contribution in [0.5, 0.6) is 0 Å². The maximum Gasteiger partial charge on any atom is 0.222 e. The Morgan fingerprint density at radius 1 is 1.37 bits per heavy atom. The van der Waals surface area contributed by atoms with Crippen LogP contribution in [0.4, 0.5) is 0 Å². The molecule has 2 rings (SSSR count). The Morgan fingerprint density at radius 3 is 2.58 bits per heavy atom. The van der Waals surface area contributed by atoms with Crippen molar-refractivity contribution >= 4 is 18.3 Å².